The number of anilines is 1. The average Bonchev–Trinajstić information content (AvgIpc) is 3.18. The predicted molar refractivity (Wildman–Crippen MR) is 105 cm³/mol. The van der Waals surface area contributed by atoms with Crippen molar-refractivity contribution in [3.8, 4) is 11.5 Å². The van der Waals surface area contributed by atoms with Gasteiger partial charge in [0.2, 0.25) is 0 Å². The zero-order valence-electron chi connectivity index (χ0n) is 16.3. The Morgan fingerprint density at radius 3 is 2.74 bits per heavy atom. The molecule has 0 aliphatic carbocycles. The third kappa shape index (κ3) is 4.26. The minimum absolute atomic E-state index is 0.0224. The van der Waals surface area contributed by atoms with Crippen molar-refractivity contribution in [2.24, 2.45) is 10.4 Å². The lowest BCUT2D eigenvalue weighted by molar-refractivity contribution is -0.136. The molecule has 7 nitrogen and oxygen atoms in total. The summed E-state index contributed by atoms with van der Waals surface area (Å²) in [6, 6.07) is 5.29. The number of hydrogen-bond acceptors (Lipinski definition) is 6. The number of benzene rings is 1. The Morgan fingerprint density at radius 2 is 2.10 bits per heavy atom. The van der Waals surface area contributed by atoms with Crippen molar-refractivity contribution in [1.82, 2.24) is 9.97 Å². The van der Waals surface area contributed by atoms with Gasteiger partial charge in [0.05, 0.1) is 24.1 Å². The number of pyridine rings is 1. The van der Waals surface area contributed by atoms with Crippen molar-refractivity contribution in [1.29, 1.82) is 0 Å². The van der Waals surface area contributed by atoms with Crippen LogP contribution in [-0.4, -0.2) is 40.9 Å². The molecule has 164 valence electrons. The van der Waals surface area contributed by atoms with Crippen LogP contribution in [0.5, 0.6) is 11.5 Å². The number of hydrogen-bond donors (Lipinski definition) is 3. The lowest BCUT2D eigenvalue weighted by atomic mass is 9.93. The zero-order valence-corrected chi connectivity index (χ0v) is 16.3. The molecule has 2 aromatic heterocycles. The molecule has 0 unspecified atom stereocenters. The van der Waals surface area contributed by atoms with Gasteiger partial charge in [-0.3, -0.25) is 0 Å². The van der Waals surface area contributed by atoms with E-state index in [1.165, 1.54) is 24.4 Å². The summed E-state index contributed by atoms with van der Waals surface area (Å²) in [6.45, 7) is 2.33. The van der Waals surface area contributed by atoms with Gasteiger partial charge in [0.15, 0.2) is 11.6 Å². The first-order chi connectivity index (χ1) is 14.7. The fourth-order valence-corrected chi connectivity index (χ4v) is 3.01. The number of ether oxygens (including phenoxy) is 2. The summed E-state index contributed by atoms with van der Waals surface area (Å²) in [5, 5.41) is 11.9. The molecule has 0 radical (unpaired) electrons. The molecule has 1 aromatic carbocycles. The van der Waals surface area contributed by atoms with E-state index in [0.717, 1.165) is 12.3 Å². The van der Waals surface area contributed by atoms with E-state index >= 15 is 0 Å². The van der Waals surface area contributed by atoms with Gasteiger partial charge >= 0.3 is 6.18 Å². The van der Waals surface area contributed by atoms with Crippen LogP contribution < -0.4 is 10.1 Å². The number of amidine groups is 1. The second-order valence-corrected chi connectivity index (χ2v) is 7.48. The van der Waals surface area contributed by atoms with Gasteiger partial charge in [-0.1, -0.05) is 6.92 Å². The minimum Gasteiger partial charge on any atom is -0.464 e. The van der Waals surface area contributed by atoms with E-state index in [2.05, 4.69) is 20.3 Å². The van der Waals surface area contributed by atoms with Crippen molar-refractivity contribution < 1.29 is 32.1 Å². The molecule has 3 N–H and O–H groups in total. The highest BCUT2D eigenvalue weighted by Gasteiger charge is 2.35. The number of nitrogens with zero attached hydrogens (tertiary/aromatic N) is 2. The molecule has 1 aliphatic rings. The largest absolute Gasteiger partial charge is 0.464 e. The number of fused-ring (bicyclic) bond motifs is 1. The Bertz CT molecular complexity index is 1150. The van der Waals surface area contributed by atoms with Crippen LogP contribution in [0, 0.1) is 11.2 Å². The molecule has 3 heterocycles. The standard InChI is InChI=1S/C20H18F4N4O3/c1-19(9-29)8-27-18(30-10-19)28-11-2-3-14(13(21)6-11)31-15-4-5-25-17-16(15)12(7-26-17)20(22,23)24/h2-7,29H,8-10H2,1H3,(H,25,26)(H,27,28)/t19-/m1/s1. The Labute approximate surface area is 173 Å². The van der Waals surface area contributed by atoms with Crippen LogP contribution in [0.4, 0.5) is 23.2 Å². The lowest BCUT2D eigenvalue weighted by Gasteiger charge is -2.30. The Balaban J connectivity index is 1.56. The first-order valence-electron chi connectivity index (χ1n) is 9.24. The molecule has 0 amide bonds. The van der Waals surface area contributed by atoms with Crippen LogP contribution in [0.1, 0.15) is 12.5 Å². The van der Waals surface area contributed by atoms with Gasteiger partial charge in [-0.25, -0.2) is 14.4 Å². The third-order valence-corrected chi connectivity index (χ3v) is 4.79. The molecule has 3 aromatic rings. The van der Waals surface area contributed by atoms with Gasteiger partial charge in [-0.15, -0.1) is 0 Å². The maximum Gasteiger partial charge on any atom is 0.418 e. The predicted octanol–water partition coefficient (Wildman–Crippen LogP) is 4.31. The van der Waals surface area contributed by atoms with E-state index in [0.29, 0.717) is 12.2 Å². The summed E-state index contributed by atoms with van der Waals surface area (Å²) in [6.07, 6.45) is -2.57. The number of halogens is 4. The molecular weight excluding hydrogens is 420 g/mol. The molecule has 31 heavy (non-hydrogen) atoms. The Kier molecular flexibility index (Phi) is 5.21. The van der Waals surface area contributed by atoms with Crippen molar-refractivity contribution in [3.63, 3.8) is 0 Å². The van der Waals surface area contributed by atoms with Gasteiger partial charge in [0.1, 0.15) is 18.0 Å². The minimum atomic E-state index is -4.63. The highest BCUT2D eigenvalue weighted by atomic mass is 19.4. The van der Waals surface area contributed by atoms with Gasteiger partial charge in [-0.2, -0.15) is 13.2 Å². The van der Waals surface area contributed by atoms with Crippen molar-refractivity contribution in [3.05, 3.63) is 48.0 Å². The van der Waals surface area contributed by atoms with Crippen LogP contribution in [-0.2, 0) is 10.9 Å². The maximum absolute atomic E-state index is 14.6. The number of aliphatic hydroxyl groups excluding tert-OH is 1. The van der Waals surface area contributed by atoms with Crippen LogP contribution in [0.3, 0.4) is 0 Å². The maximum atomic E-state index is 14.6. The first-order valence-corrected chi connectivity index (χ1v) is 9.24. The Morgan fingerprint density at radius 1 is 1.29 bits per heavy atom. The lowest BCUT2D eigenvalue weighted by Crippen LogP contribution is -2.38. The SMILES string of the molecule is C[C@]1(CO)CN=C(Nc2ccc(Oc3ccnc4[nH]cc(C(F)(F)F)c34)c(F)c2)OC1. The number of aromatic amines is 1. The van der Waals surface area contributed by atoms with Gasteiger partial charge in [0, 0.05) is 29.6 Å². The van der Waals surface area contributed by atoms with Crippen molar-refractivity contribution in [2.45, 2.75) is 13.1 Å². The molecule has 0 fully saturated rings. The fourth-order valence-electron chi connectivity index (χ4n) is 3.01. The normalized spacial score (nSPS) is 19.1. The summed E-state index contributed by atoms with van der Waals surface area (Å²) in [7, 11) is 0. The second-order valence-electron chi connectivity index (χ2n) is 7.48. The van der Waals surface area contributed by atoms with Crippen molar-refractivity contribution in [2.75, 3.05) is 25.1 Å². The smallest absolute Gasteiger partial charge is 0.418 e. The number of aliphatic imine (C=N–C) groups is 1. The summed E-state index contributed by atoms with van der Waals surface area (Å²) in [4.78, 5) is 10.5. The number of nitrogens with one attached hydrogen (secondary N) is 2. The average molecular weight is 438 g/mol. The van der Waals surface area contributed by atoms with E-state index in [9.17, 15) is 22.7 Å². The number of alkyl halides is 3. The van der Waals surface area contributed by atoms with E-state index in [-0.39, 0.29) is 41.8 Å². The number of rotatable bonds is 4. The molecule has 0 spiro atoms. The summed E-state index contributed by atoms with van der Waals surface area (Å²) < 4.78 is 65.3. The summed E-state index contributed by atoms with van der Waals surface area (Å²) >= 11 is 0. The molecule has 1 atom stereocenters. The van der Waals surface area contributed by atoms with Gasteiger partial charge in [0.25, 0.3) is 6.02 Å². The fraction of sp³-hybridized carbons (Fsp3) is 0.300. The van der Waals surface area contributed by atoms with Gasteiger partial charge in [-0.05, 0) is 18.2 Å². The Hall–Kier alpha value is -3.34. The highest BCUT2D eigenvalue weighted by Crippen LogP contribution is 2.40. The van der Waals surface area contributed by atoms with E-state index < -0.39 is 23.0 Å². The van der Waals surface area contributed by atoms with E-state index in [1.54, 1.807) is 0 Å². The molecule has 0 saturated carbocycles. The first kappa shape index (κ1) is 20.9. The third-order valence-electron chi connectivity index (χ3n) is 4.79. The van der Waals surface area contributed by atoms with Crippen molar-refractivity contribution >= 4 is 22.7 Å². The van der Waals surface area contributed by atoms with E-state index in [1.807, 2.05) is 6.92 Å². The molecular formula is C20H18F4N4O3. The topological polar surface area (TPSA) is 91.8 Å². The monoisotopic (exact) mass is 438 g/mol. The zero-order chi connectivity index (χ0) is 22.2. The highest BCUT2D eigenvalue weighted by molar-refractivity contribution is 5.89. The summed E-state index contributed by atoms with van der Waals surface area (Å²) in [5.74, 6) is -1.23. The van der Waals surface area contributed by atoms with Crippen LogP contribution >= 0.6 is 0 Å². The quantitative estimate of drug-likeness (QED) is 0.528. The van der Waals surface area contributed by atoms with Crippen LogP contribution in [0.25, 0.3) is 11.0 Å². The van der Waals surface area contributed by atoms with Crippen LogP contribution in [0.2, 0.25) is 0 Å². The molecule has 0 bridgehead atoms. The molecule has 1 aliphatic heterocycles. The second kappa shape index (κ2) is 7.73. The molecule has 0 saturated heterocycles. The van der Waals surface area contributed by atoms with Crippen LogP contribution in [0.15, 0.2) is 41.7 Å². The number of aromatic nitrogens is 2. The van der Waals surface area contributed by atoms with Gasteiger partial charge < -0.3 is 24.9 Å². The van der Waals surface area contributed by atoms with E-state index in [4.69, 9.17) is 9.47 Å². The number of H-pyrrole nitrogens is 1. The summed E-state index contributed by atoms with van der Waals surface area (Å²) in [5.41, 5.74) is -1.14. The molecule has 4 rings (SSSR count). The number of aliphatic hydroxyl groups is 1. The molecule has 11 heteroatoms.